The van der Waals surface area contributed by atoms with Gasteiger partial charge in [0.05, 0.1) is 29.5 Å². The summed E-state index contributed by atoms with van der Waals surface area (Å²) >= 11 is 1.70. The molecule has 0 saturated carbocycles. The molecule has 0 aliphatic carbocycles. The Labute approximate surface area is 116 Å². The van der Waals surface area contributed by atoms with Crippen molar-refractivity contribution in [2.75, 3.05) is 27.4 Å². The number of hydrogen-bond acceptors (Lipinski definition) is 5. The molecule has 1 unspecified atom stereocenters. The lowest BCUT2D eigenvalue weighted by Gasteiger charge is -2.14. The minimum absolute atomic E-state index is 0.0714. The van der Waals surface area contributed by atoms with Gasteiger partial charge in [0.1, 0.15) is 0 Å². The standard InChI is InChI=1S/C13H19N3O2S/c1-17-9-11(18-2)8-14-6-10-7-15-16-13(10)12-4-3-5-19-12/h3-5,7,11,14H,6,8-9H2,1-2H3,(H,15,16). The van der Waals surface area contributed by atoms with Crippen LogP contribution in [-0.4, -0.2) is 43.7 Å². The van der Waals surface area contributed by atoms with Crippen LogP contribution in [0.1, 0.15) is 5.56 Å². The Morgan fingerprint density at radius 2 is 2.37 bits per heavy atom. The molecule has 0 saturated heterocycles. The van der Waals surface area contributed by atoms with Crippen molar-refractivity contribution in [3.8, 4) is 10.6 Å². The van der Waals surface area contributed by atoms with Gasteiger partial charge in [-0.25, -0.2) is 0 Å². The molecule has 0 radical (unpaired) electrons. The number of hydrogen-bond donors (Lipinski definition) is 2. The Bertz CT molecular complexity index is 470. The molecule has 2 N–H and O–H groups in total. The molecule has 0 fully saturated rings. The van der Waals surface area contributed by atoms with Crippen molar-refractivity contribution < 1.29 is 9.47 Å². The summed E-state index contributed by atoms with van der Waals surface area (Å²) in [5, 5.41) is 12.6. The van der Waals surface area contributed by atoms with Gasteiger partial charge < -0.3 is 14.8 Å². The normalized spacial score (nSPS) is 12.7. The molecular formula is C13H19N3O2S. The number of ether oxygens (including phenoxy) is 2. The van der Waals surface area contributed by atoms with Crippen molar-refractivity contribution in [3.05, 3.63) is 29.3 Å². The molecule has 0 bridgehead atoms. The second kappa shape index (κ2) is 7.40. The zero-order valence-corrected chi connectivity index (χ0v) is 12.0. The number of methoxy groups -OCH3 is 2. The maximum Gasteiger partial charge on any atom is 0.0928 e. The van der Waals surface area contributed by atoms with Crippen LogP contribution in [0.3, 0.4) is 0 Å². The van der Waals surface area contributed by atoms with Crippen molar-refractivity contribution in [2.24, 2.45) is 0 Å². The number of rotatable bonds is 8. The molecule has 0 aliphatic heterocycles. The number of H-pyrrole nitrogens is 1. The molecule has 19 heavy (non-hydrogen) atoms. The van der Waals surface area contributed by atoms with E-state index in [-0.39, 0.29) is 6.10 Å². The second-order valence-corrected chi connectivity index (χ2v) is 5.14. The van der Waals surface area contributed by atoms with Gasteiger partial charge >= 0.3 is 0 Å². The second-order valence-electron chi connectivity index (χ2n) is 4.19. The van der Waals surface area contributed by atoms with Crippen LogP contribution in [0.15, 0.2) is 23.7 Å². The molecule has 2 heterocycles. The van der Waals surface area contributed by atoms with Crippen molar-refractivity contribution in [1.82, 2.24) is 15.5 Å². The first-order chi connectivity index (χ1) is 9.35. The fraction of sp³-hybridized carbons (Fsp3) is 0.462. The fourth-order valence-electron chi connectivity index (χ4n) is 1.84. The van der Waals surface area contributed by atoms with Crippen molar-refractivity contribution in [3.63, 3.8) is 0 Å². The third-order valence-corrected chi connectivity index (χ3v) is 3.75. The SMILES string of the molecule is COCC(CNCc1cn[nH]c1-c1cccs1)OC. The van der Waals surface area contributed by atoms with E-state index in [1.54, 1.807) is 25.6 Å². The summed E-state index contributed by atoms with van der Waals surface area (Å²) in [5.41, 5.74) is 2.25. The van der Waals surface area contributed by atoms with Gasteiger partial charge in [-0.1, -0.05) is 6.07 Å². The molecule has 0 spiro atoms. The van der Waals surface area contributed by atoms with Crippen LogP contribution < -0.4 is 5.32 Å². The van der Waals surface area contributed by atoms with E-state index in [1.807, 2.05) is 12.3 Å². The van der Waals surface area contributed by atoms with Crippen molar-refractivity contribution >= 4 is 11.3 Å². The zero-order chi connectivity index (χ0) is 13.5. The summed E-state index contributed by atoms with van der Waals surface area (Å²) in [7, 11) is 3.37. The van der Waals surface area contributed by atoms with Gasteiger partial charge in [0.2, 0.25) is 0 Å². The van der Waals surface area contributed by atoms with E-state index < -0.39 is 0 Å². The van der Waals surface area contributed by atoms with Crippen LogP contribution >= 0.6 is 11.3 Å². The van der Waals surface area contributed by atoms with E-state index in [2.05, 4.69) is 27.0 Å². The smallest absolute Gasteiger partial charge is 0.0928 e. The highest BCUT2D eigenvalue weighted by Crippen LogP contribution is 2.25. The minimum Gasteiger partial charge on any atom is -0.382 e. The molecule has 2 aromatic heterocycles. The van der Waals surface area contributed by atoms with Crippen molar-refractivity contribution in [2.45, 2.75) is 12.6 Å². The lowest BCUT2D eigenvalue weighted by atomic mass is 10.2. The van der Waals surface area contributed by atoms with E-state index in [9.17, 15) is 0 Å². The number of aromatic amines is 1. The molecule has 0 amide bonds. The number of thiophene rings is 1. The molecule has 2 aromatic rings. The molecule has 0 aliphatic rings. The first-order valence-corrected chi connectivity index (χ1v) is 7.01. The quantitative estimate of drug-likeness (QED) is 0.776. The van der Waals surface area contributed by atoms with Crippen LogP contribution in [0.2, 0.25) is 0 Å². The van der Waals surface area contributed by atoms with Crippen molar-refractivity contribution in [1.29, 1.82) is 0 Å². The first kappa shape index (κ1) is 14.2. The van der Waals surface area contributed by atoms with Crippen LogP contribution in [-0.2, 0) is 16.0 Å². The number of aromatic nitrogens is 2. The lowest BCUT2D eigenvalue weighted by Crippen LogP contribution is -2.31. The third kappa shape index (κ3) is 3.87. The van der Waals surface area contributed by atoms with E-state index in [0.717, 1.165) is 24.3 Å². The summed E-state index contributed by atoms with van der Waals surface area (Å²) in [6, 6.07) is 4.13. The van der Waals surface area contributed by atoms with Gasteiger partial charge in [-0.3, -0.25) is 5.10 Å². The summed E-state index contributed by atoms with van der Waals surface area (Å²) in [5.74, 6) is 0. The third-order valence-electron chi connectivity index (χ3n) is 2.86. The zero-order valence-electron chi connectivity index (χ0n) is 11.2. The Kier molecular flexibility index (Phi) is 5.53. The monoisotopic (exact) mass is 281 g/mol. The number of nitrogens with zero attached hydrogens (tertiary/aromatic N) is 1. The molecule has 104 valence electrons. The van der Waals surface area contributed by atoms with Crippen LogP contribution in [0.5, 0.6) is 0 Å². The van der Waals surface area contributed by atoms with Crippen LogP contribution in [0, 0.1) is 0 Å². The average molecular weight is 281 g/mol. The van der Waals surface area contributed by atoms with E-state index >= 15 is 0 Å². The Morgan fingerprint density at radius 1 is 1.47 bits per heavy atom. The highest BCUT2D eigenvalue weighted by Gasteiger charge is 2.10. The lowest BCUT2D eigenvalue weighted by molar-refractivity contribution is 0.0288. The van der Waals surface area contributed by atoms with Gasteiger partial charge in [0.25, 0.3) is 0 Å². The molecule has 6 heteroatoms. The van der Waals surface area contributed by atoms with E-state index in [1.165, 1.54) is 4.88 Å². The van der Waals surface area contributed by atoms with Crippen LogP contribution in [0.4, 0.5) is 0 Å². The Balaban J connectivity index is 1.88. The van der Waals surface area contributed by atoms with Gasteiger partial charge in [-0.2, -0.15) is 5.10 Å². The maximum atomic E-state index is 5.30. The minimum atomic E-state index is 0.0714. The Hall–Kier alpha value is -1.21. The predicted octanol–water partition coefficient (Wildman–Crippen LogP) is 1.89. The van der Waals surface area contributed by atoms with Gasteiger partial charge in [0, 0.05) is 32.9 Å². The Morgan fingerprint density at radius 3 is 3.05 bits per heavy atom. The molecular weight excluding hydrogens is 262 g/mol. The first-order valence-electron chi connectivity index (χ1n) is 6.13. The van der Waals surface area contributed by atoms with Gasteiger partial charge in [-0.15, -0.1) is 11.3 Å². The van der Waals surface area contributed by atoms with Gasteiger partial charge in [0.15, 0.2) is 0 Å². The largest absolute Gasteiger partial charge is 0.382 e. The summed E-state index contributed by atoms with van der Waals surface area (Å²) in [6.07, 6.45) is 1.93. The molecule has 2 rings (SSSR count). The summed E-state index contributed by atoms with van der Waals surface area (Å²) in [4.78, 5) is 1.20. The summed E-state index contributed by atoms with van der Waals surface area (Å²) < 4.78 is 10.4. The number of nitrogens with one attached hydrogen (secondary N) is 2. The molecule has 5 nitrogen and oxygen atoms in total. The maximum absolute atomic E-state index is 5.30. The average Bonchev–Trinajstić information content (AvgIpc) is 3.08. The fourth-order valence-corrected chi connectivity index (χ4v) is 2.60. The highest BCUT2D eigenvalue weighted by molar-refractivity contribution is 7.13. The molecule has 1 atom stereocenters. The summed E-state index contributed by atoms with van der Waals surface area (Å²) in [6.45, 7) is 2.10. The van der Waals surface area contributed by atoms with E-state index in [4.69, 9.17) is 9.47 Å². The highest BCUT2D eigenvalue weighted by atomic mass is 32.1. The topological polar surface area (TPSA) is 59.2 Å². The van der Waals surface area contributed by atoms with Crippen LogP contribution in [0.25, 0.3) is 10.6 Å². The van der Waals surface area contributed by atoms with Gasteiger partial charge in [-0.05, 0) is 11.4 Å². The molecule has 0 aromatic carbocycles. The van der Waals surface area contributed by atoms with E-state index in [0.29, 0.717) is 6.61 Å². The predicted molar refractivity (Wildman–Crippen MR) is 76.3 cm³/mol.